The normalized spacial score (nSPS) is 31.1. The number of rotatable bonds is 3. The maximum Gasteiger partial charge on any atom is 0.314 e. The molecule has 2 fully saturated rings. The number of benzene rings is 1. The minimum Gasteiger partial charge on any atom is -0.481 e. The number of carbonyl (C=O) groups is 2. The molecule has 4 unspecified atom stereocenters. The first kappa shape index (κ1) is 15.1. The van der Waals surface area contributed by atoms with E-state index in [0.717, 1.165) is 38.5 Å². The first-order valence-corrected chi connectivity index (χ1v) is 8.13. The van der Waals surface area contributed by atoms with Crippen LogP contribution in [0.25, 0.3) is 0 Å². The van der Waals surface area contributed by atoms with E-state index in [0.29, 0.717) is 17.6 Å². The summed E-state index contributed by atoms with van der Waals surface area (Å²) in [5.41, 5.74) is 0. The maximum absolute atomic E-state index is 12.3. The van der Waals surface area contributed by atoms with Gasteiger partial charge in [-0.05, 0) is 62.5 Å². The fourth-order valence-corrected chi connectivity index (χ4v) is 4.02. The quantitative estimate of drug-likeness (QED) is 0.685. The van der Waals surface area contributed by atoms with E-state index in [1.165, 1.54) is 0 Å². The summed E-state index contributed by atoms with van der Waals surface area (Å²) in [6.45, 7) is 0. The highest BCUT2D eigenvalue weighted by Crippen LogP contribution is 2.45. The Morgan fingerprint density at radius 2 is 1.55 bits per heavy atom. The van der Waals surface area contributed by atoms with Crippen LogP contribution in [0.5, 0.6) is 5.75 Å². The second kappa shape index (κ2) is 6.51. The zero-order valence-electron chi connectivity index (χ0n) is 12.6. The topological polar surface area (TPSA) is 63.6 Å². The third-order valence-electron chi connectivity index (χ3n) is 5.26. The number of hydrogen-bond acceptors (Lipinski definition) is 3. The first-order valence-electron chi connectivity index (χ1n) is 8.13. The van der Waals surface area contributed by atoms with Gasteiger partial charge >= 0.3 is 11.9 Å². The van der Waals surface area contributed by atoms with Crippen LogP contribution in [0.1, 0.15) is 38.5 Å². The summed E-state index contributed by atoms with van der Waals surface area (Å²) in [6.07, 6.45) is 5.16. The number of esters is 1. The van der Waals surface area contributed by atoms with Crippen molar-refractivity contribution in [3.8, 4) is 5.75 Å². The molecule has 2 aliphatic rings. The van der Waals surface area contributed by atoms with Crippen molar-refractivity contribution in [2.24, 2.45) is 23.7 Å². The van der Waals surface area contributed by atoms with Crippen LogP contribution < -0.4 is 4.74 Å². The number of ether oxygens (including phenoxy) is 1. The van der Waals surface area contributed by atoms with Crippen LogP contribution in [-0.4, -0.2) is 17.0 Å². The summed E-state index contributed by atoms with van der Waals surface area (Å²) in [4.78, 5) is 23.5. The van der Waals surface area contributed by atoms with E-state index in [1.54, 1.807) is 12.1 Å². The Morgan fingerprint density at radius 1 is 0.909 bits per heavy atom. The highest BCUT2D eigenvalue weighted by atomic mass is 16.5. The zero-order valence-corrected chi connectivity index (χ0v) is 12.6. The molecule has 1 N–H and O–H groups in total. The molecular weight excluding hydrogens is 280 g/mol. The van der Waals surface area contributed by atoms with Crippen LogP contribution >= 0.6 is 0 Å². The second-order valence-electron chi connectivity index (χ2n) is 6.61. The molecule has 4 atom stereocenters. The van der Waals surface area contributed by atoms with Crippen molar-refractivity contribution in [3.05, 3.63) is 30.3 Å². The van der Waals surface area contributed by atoms with Crippen molar-refractivity contribution in [2.45, 2.75) is 38.5 Å². The van der Waals surface area contributed by atoms with Crippen LogP contribution in [0.2, 0.25) is 0 Å². The second-order valence-corrected chi connectivity index (χ2v) is 6.61. The van der Waals surface area contributed by atoms with E-state index in [9.17, 15) is 14.7 Å². The summed E-state index contributed by atoms with van der Waals surface area (Å²) in [7, 11) is 0. The molecule has 4 heteroatoms. The summed E-state index contributed by atoms with van der Waals surface area (Å²) < 4.78 is 5.45. The average molecular weight is 302 g/mol. The molecule has 0 radical (unpaired) electrons. The van der Waals surface area contributed by atoms with Gasteiger partial charge in [-0.2, -0.15) is 0 Å². The van der Waals surface area contributed by atoms with Gasteiger partial charge in [0, 0.05) is 0 Å². The minimum atomic E-state index is -0.688. The molecule has 0 spiro atoms. The Labute approximate surface area is 130 Å². The van der Waals surface area contributed by atoms with Crippen molar-refractivity contribution >= 4 is 11.9 Å². The highest BCUT2D eigenvalue weighted by molar-refractivity contribution is 5.75. The molecule has 2 saturated carbocycles. The van der Waals surface area contributed by atoms with Gasteiger partial charge in [0.15, 0.2) is 0 Å². The van der Waals surface area contributed by atoms with Gasteiger partial charge in [-0.1, -0.05) is 18.2 Å². The van der Waals surface area contributed by atoms with Gasteiger partial charge in [-0.15, -0.1) is 0 Å². The summed E-state index contributed by atoms with van der Waals surface area (Å²) in [5, 5.41) is 9.21. The van der Waals surface area contributed by atoms with E-state index in [4.69, 9.17) is 4.74 Å². The van der Waals surface area contributed by atoms with Crippen molar-refractivity contribution < 1.29 is 19.4 Å². The van der Waals surface area contributed by atoms with E-state index < -0.39 is 5.97 Å². The summed E-state index contributed by atoms with van der Waals surface area (Å²) in [5.74, 6) is 0.364. The molecule has 3 rings (SSSR count). The Bertz CT molecular complexity index is 539. The lowest BCUT2D eigenvalue weighted by molar-refractivity contribution is -0.145. The largest absolute Gasteiger partial charge is 0.481 e. The lowest BCUT2D eigenvalue weighted by atomic mass is 9.65. The van der Waals surface area contributed by atoms with Gasteiger partial charge in [0.05, 0.1) is 11.8 Å². The van der Waals surface area contributed by atoms with Crippen molar-refractivity contribution in [2.75, 3.05) is 0 Å². The number of fused-ring (bicyclic) bond motifs is 1. The van der Waals surface area contributed by atoms with E-state index in [-0.39, 0.29) is 17.8 Å². The molecule has 1 aromatic carbocycles. The molecule has 0 bridgehead atoms. The van der Waals surface area contributed by atoms with Gasteiger partial charge in [0.25, 0.3) is 0 Å². The summed E-state index contributed by atoms with van der Waals surface area (Å²) >= 11 is 0. The highest BCUT2D eigenvalue weighted by Gasteiger charge is 2.40. The first-order chi connectivity index (χ1) is 10.6. The molecule has 22 heavy (non-hydrogen) atoms. The van der Waals surface area contributed by atoms with Gasteiger partial charge < -0.3 is 9.84 Å². The molecule has 118 valence electrons. The average Bonchev–Trinajstić information content (AvgIpc) is 2.54. The van der Waals surface area contributed by atoms with Crippen LogP contribution in [0, 0.1) is 23.7 Å². The van der Waals surface area contributed by atoms with Crippen molar-refractivity contribution in [1.29, 1.82) is 0 Å². The summed E-state index contributed by atoms with van der Waals surface area (Å²) in [6, 6.07) is 9.14. The Hall–Kier alpha value is -1.84. The van der Waals surface area contributed by atoms with Gasteiger partial charge in [-0.3, -0.25) is 9.59 Å². The fraction of sp³-hybridized carbons (Fsp3) is 0.556. The zero-order chi connectivity index (χ0) is 15.5. The third kappa shape index (κ3) is 3.32. The van der Waals surface area contributed by atoms with Gasteiger partial charge in [-0.25, -0.2) is 0 Å². The standard InChI is InChI=1S/C18H22O4/c19-17(20)13-8-6-12-7-9-14(11-15(12)10-13)18(21)22-16-4-2-1-3-5-16/h1-5,12-15H,6-11H2,(H,19,20). The Balaban J connectivity index is 1.60. The van der Waals surface area contributed by atoms with Crippen LogP contribution in [0.4, 0.5) is 0 Å². The number of hydrogen-bond donors (Lipinski definition) is 1. The number of para-hydroxylation sites is 1. The molecule has 0 heterocycles. The molecular formula is C18H22O4. The van der Waals surface area contributed by atoms with Gasteiger partial charge in [0.1, 0.15) is 5.75 Å². The molecule has 0 amide bonds. The lowest BCUT2D eigenvalue weighted by Gasteiger charge is -2.40. The Morgan fingerprint density at radius 3 is 2.23 bits per heavy atom. The molecule has 0 aromatic heterocycles. The number of aliphatic carboxylic acids is 1. The third-order valence-corrected chi connectivity index (χ3v) is 5.26. The Kier molecular flexibility index (Phi) is 4.46. The monoisotopic (exact) mass is 302 g/mol. The fourth-order valence-electron chi connectivity index (χ4n) is 4.02. The van der Waals surface area contributed by atoms with E-state index >= 15 is 0 Å². The van der Waals surface area contributed by atoms with Crippen LogP contribution in [-0.2, 0) is 9.59 Å². The maximum atomic E-state index is 12.3. The number of carboxylic acids is 1. The molecule has 1 aromatic rings. The van der Waals surface area contributed by atoms with Crippen LogP contribution in [0.15, 0.2) is 30.3 Å². The molecule has 2 aliphatic carbocycles. The molecule has 4 nitrogen and oxygen atoms in total. The lowest BCUT2D eigenvalue weighted by Crippen LogP contribution is -2.36. The number of carbonyl (C=O) groups excluding carboxylic acids is 1. The molecule has 0 aliphatic heterocycles. The molecule has 0 saturated heterocycles. The predicted molar refractivity (Wildman–Crippen MR) is 81.4 cm³/mol. The minimum absolute atomic E-state index is 0.0889. The van der Waals surface area contributed by atoms with Crippen molar-refractivity contribution in [1.82, 2.24) is 0 Å². The number of carboxylic acid groups (broad SMARTS) is 1. The van der Waals surface area contributed by atoms with E-state index in [2.05, 4.69) is 0 Å². The smallest absolute Gasteiger partial charge is 0.314 e. The van der Waals surface area contributed by atoms with Crippen LogP contribution in [0.3, 0.4) is 0 Å². The van der Waals surface area contributed by atoms with E-state index in [1.807, 2.05) is 18.2 Å². The van der Waals surface area contributed by atoms with Crippen molar-refractivity contribution in [3.63, 3.8) is 0 Å². The predicted octanol–water partition coefficient (Wildman–Crippen LogP) is 3.51. The van der Waals surface area contributed by atoms with Gasteiger partial charge in [0.2, 0.25) is 0 Å². The SMILES string of the molecule is O=C(O)C1CCC2CCC(C(=O)Oc3ccccc3)CC2C1.